The van der Waals surface area contributed by atoms with Gasteiger partial charge in [-0.05, 0) is 23.6 Å². The molecule has 0 aliphatic rings. The van der Waals surface area contributed by atoms with Crippen molar-refractivity contribution in [3.05, 3.63) is 18.2 Å². The van der Waals surface area contributed by atoms with E-state index in [1.54, 1.807) is 6.21 Å². The summed E-state index contributed by atoms with van der Waals surface area (Å²) in [5, 5.41) is 2.79. The van der Waals surface area contributed by atoms with E-state index in [1.807, 2.05) is 20.8 Å². The maximum Gasteiger partial charge on any atom is 0.522 e. The first kappa shape index (κ1) is 21.4. The van der Waals surface area contributed by atoms with Crippen LogP contribution < -0.4 is 5.32 Å². The van der Waals surface area contributed by atoms with Gasteiger partial charge in [-0.3, -0.25) is 9.73 Å². The van der Waals surface area contributed by atoms with Crippen molar-refractivity contribution in [3.63, 3.8) is 0 Å². The SMILES string of the molecule is CCS(=O)(=O)c1ccc(NCCOC(F)(F)F)c(N=CC(C)(C)C)c1. The summed E-state index contributed by atoms with van der Waals surface area (Å²) >= 11 is 0. The summed E-state index contributed by atoms with van der Waals surface area (Å²) < 4.78 is 63.7. The van der Waals surface area contributed by atoms with E-state index in [1.165, 1.54) is 25.1 Å². The van der Waals surface area contributed by atoms with E-state index in [-0.39, 0.29) is 22.6 Å². The van der Waals surface area contributed by atoms with Gasteiger partial charge in [-0.25, -0.2) is 8.42 Å². The summed E-state index contributed by atoms with van der Waals surface area (Å²) in [5.41, 5.74) is 0.536. The molecule has 5 nitrogen and oxygen atoms in total. The highest BCUT2D eigenvalue weighted by molar-refractivity contribution is 7.91. The second-order valence-electron chi connectivity index (χ2n) is 6.43. The maximum atomic E-state index is 12.0. The number of alkyl halides is 3. The zero-order valence-corrected chi connectivity index (χ0v) is 15.5. The zero-order chi connectivity index (χ0) is 19.3. The fourth-order valence-corrected chi connectivity index (χ4v) is 2.64. The van der Waals surface area contributed by atoms with Crippen molar-refractivity contribution in [1.29, 1.82) is 0 Å². The Bertz CT molecular complexity index is 708. The summed E-state index contributed by atoms with van der Waals surface area (Å²) in [7, 11) is -3.41. The van der Waals surface area contributed by atoms with Gasteiger partial charge in [0.05, 0.1) is 28.6 Å². The van der Waals surface area contributed by atoms with E-state index in [0.717, 1.165) is 0 Å². The van der Waals surface area contributed by atoms with Crippen LogP contribution >= 0.6 is 0 Å². The Labute approximate surface area is 146 Å². The number of hydrogen-bond donors (Lipinski definition) is 1. The van der Waals surface area contributed by atoms with Gasteiger partial charge in [0.25, 0.3) is 0 Å². The molecule has 1 rings (SSSR count). The molecule has 1 aromatic rings. The fraction of sp³-hybridized carbons (Fsp3) is 0.562. The van der Waals surface area contributed by atoms with Crippen molar-refractivity contribution in [2.45, 2.75) is 39.0 Å². The molecule has 1 N–H and O–H groups in total. The van der Waals surface area contributed by atoms with Gasteiger partial charge in [0.1, 0.15) is 0 Å². The Hall–Kier alpha value is -1.61. The van der Waals surface area contributed by atoms with Crippen molar-refractivity contribution >= 4 is 27.4 Å². The number of aliphatic imine (C=N–C) groups is 1. The van der Waals surface area contributed by atoms with Crippen LogP contribution in [0.25, 0.3) is 0 Å². The monoisotopic (exact) mass is 380 g/mol. The molecule has 0 radical (unpaired) electrons. The summed E-state index contributed by atoms with van der Waals surface area (Å²) in [4.78, 5) is 4.42. The molecular weight excluding hydrogens is 357 g/mol. The van der Waals surface area contributed by atoms with Crippen LogP contribution in [0.3, 0.4) is 0 Å². The van der Waals surface area contributed by atoms with Gasteiger partial charge in [-0.15, -0.1) is 13.2 Å². The third kappa shape index (κ3) is 7.87. The summed E-state index contributed by atoms with van der Waals surface area (Å²) in [6, 6.07) is 4.31. The molecule has 1 aromatic carbocycles. The Morgan fingerprint density at radius 2 is 1.88 bits per heavy atom. The Kier molecular flexibility index (Phi) is 7.01. The Morgan fingerprint density at radius 3 is 2.40 bits per heavy atom. The van der Waals surface area contributed by atoms with Crippen LogP contribution in [0.2, 0.25) is 0 Å². The van der Waals surface area contributed by atoms with E-state index in [0.29, 0.717) is 11.4 Å². The molecule has 0 saturated carbocycles. The quantitative estimate of drug-likeness (QED) is 0.569. The lowest BCUT2D eigenvalue weighted by Gasteiger charge is -2.14. The molecule has 25 heavy (non-hydrogen) atoms. The van der Waals surface area contributed by atoms with Crippen LogP contribution in [0.4, 0.5) is 24.5 Å². The number of ether oxygens (including phenoxy) is 1. The molecule has 0 amide bonds. The standard InChI is InChI=1S/C16H23F3N2O3S/c1-5-25(22,23)12-6-7-13(20-8-9-24-16(17,18)19)14(10-12)21-11-15(2,3)4/h6-7,10-11,20H,5,8-9H2,1-4H3. The zero-order valence-electron chi connectivity index (χ0n) is 14.6. The molecule has 0 aliphatic heterocycles. The highest BCUT2D eigenvalue weighted by Gasteiger charge is 2.28. The predicted octanol–water partition coefficient (Wildman–Crippen LogP) is 4.18. The highest BCUT2D eigenvalue weighted by atomic mass is 32.2. The van der Waals surface area contributed by atoms with Gasteiger partial charge in [-0.2, -0.15) is 0 Å². The molecule has 0 fully saturated rings. The topological polar surface area (TPSA) is 67.8 Å². The van der Waals surface area contributed by atoms with Gasteiger partial charge in [-0.1, -0.05) is 27.7 Å². The van der Waals surface area contributed by atoms with Gasteiger partial charge >= 0.3 is 6.36 Å². The van der Waals surface area contributed by atoms with Crippen molar-refractivity contribution in [3.8, 4) is 0 Å². The first-order valence-electron chi connectivity index (χ1n) is 7.71. The van der Waals surface area contributed by atoms with Crippen LogP contribution in [0.15, 0.2) is 28.1 Å². The maximum absolute atomic E-state index is 12.0. The Morgan fingerprint density at radius 1 is 1.24 bits per heavy atom. The van der Waals surface area contributed by atoms with Crippen molar-refractivity contribution < 1.29 is 26.3 Å². The predicted molar refractivity (Wildman–Crippen MR) is 92.3 cm³/mol. The fourth-order valence-electron chi connectivity index (χ4n) is 1.74. The van der Waals surface area contributed by atoms with Crippen LogP contribution in [-0.2, 0) is 14.6 Å². The van der Waals surface area contributed by atoms with E-state index in [9.17, 15) is 21.6 Å². The van der Waals surface area contributed by atoms with Crippen LogP contribution in [0.5, 0.6) is 0 Å². The van der Waals surface area contributed by atoms with Gasteiger partial charge in [0, 0.05) is 12.8 Å². The number of hydrogen-bond acceptors (Lipinski definition) is 5. The number of rotatable bonds is 7. The lowest BCUT2D eigenvalue weighted by Crippen LogP contribution is -2.19. The second-order valence-corrected chi connectivity index (χ2v) is 8.71. The van der Waals surface area contributed by atoms with E-state index < -0.39 is 22.8 Å². The number of benzene rings is 1. The molecule has 9 heteroatoms. The number of anilines is 1. The molecule has 142 valence electrons. The van der Waals surface area contributed by atoms with Crippen LogP contribution in [0.1, 0.15) is 27.7 Å². The molecule has 0 aliphatic carbocycles. The average Bonchev–Trinajstić information content (AvgIpc) is 2.48. The van der Waals surface area contributed by atoms with Gasteiger partial charge in [0.15, 0.2) is 9.84 Å². The Balaban J connectivity index is 3.04. The molecule has 0 bridgehead atoms. The van der Waals surface area contributed by atoms with Gasteiger partial charge in [0.2, 0.25) is 0 Å². The van der Waals surface area contributed by atoms with Crippen molar-refractivity contribution in [2.75, 3.05) is 24.2 Å². The van der Waals surface area contributed by atoms with Crippen LogP contribution in [0, 0.1) is 5.41 Å². The first-order valence-corrected chi connectivity index (χ1v) is 9.36. The minimum absolute atomic E-state index is 0.0539. The third-order valence-corrected chi connectivity index (χ3v) is 4.71. The largest absolute Gasteiger partial charge is 0.522 e. The van der Waals surface area contributed by atoms with E-state index in [4.69, 9.17) is 0 Å². The normalized spacial score (nSPS) is 13.4. The molecular formula is C16H23F3N2O3S. The first-order chi connectivity index (χ1) is 11.3. The molecule has 0 saturated heterocycles. The third-order valence-electron chi connectivity index (χ3n) is 2.98. The minimum atomic E-state index is -4.69. The molecule has 0 heterocycles. The van der Waals surface area contributed by atoms with E-state index in [2.05, 4.69) is 15.0 Å². The summed E-state index contributed by atoms with van der Waals surface area (Å²) in [6.45, 7) is 6.64. The van der Waals surface area contributed by atoms with E-state index >= 15 is 0 Å². The lowest BCUT2D eigenvalue weighted by atomic mass is 9.99. The molecule has 0 spiro atoms. The van der Waals surface area contributed by atoms with Gasteiger partial charge < -0.3 is 5.32 Å². The number of halogens is 3. The molecule has 0 unspecified atom stereocenters. The average molecular weight is 380 g/mol. The smallest absolute Gasteiger partial charge is 0.381 e. The van der Waals surface area contributed by atoms with Crippen molar-refractivity contribution in [1.82, 2.24) is 0 Å². The highest BCUT2D eigenvalue weighted by Crippen LogP contribution is 2.29. The summed E-state index contributed by atoms with van der Waals surface area (Å²) in [5.74, 6) is -0.0539. The van der Waals surface area contributed by atoms with Crippen LogP contribution in [-0.4, -0.2) is 39.9 Å². The molecule has 0 atom stereocenters. The summed E-state index contributed by atoms with van der Waals surface area (Å²) in [6.07, 6.45) is -3.03. The second kappa shape index (κ2) is 8.18. The minimum Gasteiger partial charge on any atom is -0.381 e. The number of sulfone groups is 1. The van der Waals surface area contributed by atoms with Crippen molar-refractivity contribution in [2.24, 2.45) is 10.4 Å². The number of nitrogens with zero attached hydrogens (tertiary/aromatic N) is 1. The molecule has 0 aromatic heterocycles. The lowest BCUT2D eigenvalue weighted by molar-refractivity contribution is -0.322. The number of nitrogens with one attached hydrogen (secondary N) is 1.